The Balaban J connectivity index is 2.00. The highest BCUT2D eigenvalue weighted by Crippen LogP contribution is 2.37. The summed E-state index contributed by atoms with van der Waals surface area (Å²) in [5.74, 6) is -5.78. The van der Waals surface area contributed by atoms with Gasteiger partial charge in [-0.05, 0) is 59.6 Å². The van der Waals surface area contributed by atoms with Crippen molar-refractivity contribution in [1.29, 1.82) is 0 Å². The zero-order valence-electron chi connectivity index (χ0n) is 25.4. The zero-order valence-corrected chi connectivity index (χ0v) is 26.2. The van der Waals surface area contributed by atoms with Crippen molar-refractivity contribution < 1.29 is 35.3 Å². The Bertz CT molecular complexity index is 1910. The van der Waals surface area contributed by atoms with E-state index >= 15 is 4.39 Å². The van der Waals surface area contributed by atoms with Gasteiger partial charge in [0.05, 0.1) is 17.7 Å². The Hall–Kier alpha value is -4.19. The van der Waals surface area contributed by atoms with Crippen molar-refractivity contribution in [2.24, 2.45) is 0 Å². The van der Waals surface area contributed by atoms with E-state index < -0.39 is 61.4 Å². The number of pyridine rings is 2. The molecule has 0 amide bonds. The molecular weight excluding hydrogens is 597 g/mol. The summed E-state index contributed by atoms with van der Waals surface area (Å²) < 4.78 is 83.2. The average molecular weight is 631 g/mol. The quantitative estimate of drug-likeness (QED) is 0.143. The molecule has 0 N–H and O–H groups in total. The van der Waals surface area contributed by atoms with Crippen molar-refractivity contribution >= 4 is 27.1 Å². The molecule has 0 fully saturated rings. The highest BCUT2D eigenvalue weighted by Gasteiger charge is 2.31. The van der Waals surface area contributed by atoms with Crippen LogP contribution >= 0.6 is 0 Å². The Morgan fingerprint density at radius 2 is 1.52 bits per heavy atom. The molecule has 0 radical (unpaired) electrons. The normalized spacial score (nSPS) is 12.0. The van der Waals surface area contributed by atoms with Gasteiger partial charge in [-0.15, -0.1) is 0 Å². The van der Waals surface area contributed by atoms with Gasteiger partial charge < -0.3 is 8.92 Å². The second kappa shape index (κ2) is 12.4. The van der Waals surface area contributed by atoms with Gasteiger partial charge in [0.2, 0.25) is 5.43 Å². The average Bonchev–Trinajstić information content (AvgIpc) is 2.93. The summed E-state index contributed by atoms with van der Waals surface area (Å²) in [5, 5.41) is -0.492. The van der Waals surface area contributed by atoms with Crippen LogP contribution in [0, 0.1) is 17.5 Å². The van der Waals surface area contributed by atoms with E-state index in [0.717, 1.165) is 28.5 Å². The van der Waals surface area contributed by atoms with E-state index in [1.165, 1.54) is 6.92 Å². The van der Waals surface area contributed by atoms with Gasteiger partial charge in [0, 0.05) is 12.3 Å². The number of aromatic nitrogens is 2. The van der Waals surface area contributed by atoms with Crippen molar-refractivity contribution in [3.05, 3.63) is 92.5 Å². The SMILES string of the molecule is CCOC(=O)c1cn(-c2ccc(F)cc2F)c2nc(OS(=O)(=O)c3c(C(C)C)cc(C(C)C)cc3C(C)C)c(F)cc2c1=O. The summed E-state index contributed by atoms with van der Waals surface area (Å²) in [6.07, 6.45) is 0.917. The van der Waals surface area contributed by atoms with Crippen molar-refractivity contribution in [1.82, 2.24) is 9.55 Å². The predicted octanol–water partition coefficient (Wildman–Crippen LogP) is 7.12. The number of fused-ring (bicyclic) bond motifs is 1. The minimum atomic E-state index is -4.72. The van der Waals surface area contributed by atoms with Gasteiger partial charge in [-0.1, -0.05) is 53.7 Å². The molecule has 44 heavy (non-hydrogen) atoms. The molecular formula is C32H33F3N2O6S. The Morgan fingerprint density at radius 1 is 0.909 bits per heavy atom. The smallest absolute Gasteiger partial charge is 0.343 e. The number of hydrogen-bond acceptors (Lipinski definition) is 7. The first-order valence-electron chi connectivity index (χ1n) is 14.1. The zero-order chi connectivity index (χ0) is 32.7. The van der Waals surface area contributed by atoms with E-state index in [4.69, 9.17) is 8.92 Å². The maximum absolute atomic E-state index is 15.5. The van der Waals surface area contributed by atoms with Crippen LogP contribution in [0.5, 0.6) is 5.88 Å². The molecule has 2 aromatic heterocycles. The second-order valence-electron chi connectivity index (χ2n) is 11.2. The summed E-state index contributed by atoms with van der Waals surface area (Å²) in [6.45, 7) is 12.7. The van der Waals surface area contributed by atoms with Gasteiger partial charge in [0.1, 0.15) is 22.1 Å². The molecule has 0 atom stereocenters. The lowest BCUT2D eigenvalue weighted by Crippen LogP contribution is -2.22. The molecule has 4 rings (SSSR count). The van der Waals surface area contributed by atoms with Crippen LogP contribution in [0.25, 0.3) is 16.7 Å². The van der Waals surface area contributed by atoms with E-state index in [-0.39, 0.29) is 34.9 Å². The van der Waals surface area contributed by atoms with Crippen LogP contribution in [-0.2, 0) is 14.9 Å². The fourth-order valence-corrected chi connectivity index (χ4v) is 6.38. The number of carbonyl (C=O) groups is 1. The number of rotatable bonds is 9. The van der Waals surface area contributed by atoms with Gasteiger partial charge in [-0.25, -0.2) is 18.0 Å². The van der Waals surface area contributed by atoms with Crippen LogP contribution in [0.15, 0.2) is 52.3 Å². The first kappa shape index (κ1) is 32.7. The Labute approximate surface area is 253 Å². The molecule has 2 aromatic carbocycles. The predicted molar refractivity (Wildman–Crippen MR) is 160 cm³/mol. The Morgan fingerprint density at radius 3 is 2.05 bits per heavy atom. The summed E-state index contributed by atoms with van der Waals surface area (Å²) in [6, 6.07) is 6.74. The largest absolute Gasteiger partial charge is 0.462 e. The number of hydrogen-bond donors (Lipinski definition) is 0. The molecule has 0 aliphatic carbocycles. The van der Waals surface area contributed by atoms with Gasteiger partial charge in [0.25, 0.3) is 5.88 Å². The molecule has 0 saturated heterocycles. The van der Waals surface area contributed by atoms with Crippen molar-refractivity contribution in [3.8, 4) is 11.6 Å². The number of esters is 1. The molecule has 2 heterocycles. The molecule has 0 unspecified atom stereocenters. The number of ether oxygens (including phenoxy) is 1. The monoisotopic (exact) mass is 630 g/mol. The number of carbonyl (C=O) groups excluding carboxylic acids is 1. The summed E-state index contributed by atoms with van der Waals surface area (Å²) in [5.41, 5.74) is -0.484. The van der Waals surface area contributed by atoms with Crippen molar-refractivity contribution in [2.45, 2.75) is 71.1 Å². The van der Waals surface area contributed by atoms with Gasteiger partial charge in [0.15, 0.2) is 11.5 Å². The maximum atomic E-state index is 15.5. The first-order valence-corrected chi connectivity index (χ1v) is 15.5. The third-order valence-electron chi connectivity index (χ3n) is 7.08. The third-order valence-corrected chi connectivity index (χ3v) is 8.43. The lowest BCUT2D eigenvalue weighted by atomic mass is 9.89. The van der Waals surface area contributed by atoms with E-state index in [9.17, 15) is 26.8 Å². The second-order valence-corrected chi connectivity index (χ2v) is 12.7. The molecule has 8 nitrogen and oxygen atoms in total. The number of benzene rings is 2. The number of halogens is 3. The fraction of sp³-hybridized carbons (Fsp3) is 0.344. The van der Waals surface area contributed by atoms with E-state index in [1.54, 1.807) is 12.1 Å². The summed E-state index contributed by atoms with van der Waals surface area (Å²) >= 11 is 0. The minimum absolute atomic E-state index is 0.0899. The van der Waals surface area contributed by atoms with Crippen LogP contribution in [0.1, 0.15) is 93.3 Å². The maximum Gasteiger partial charge on any atom is 0.343 e. The molecule has 12 heteroatoms. The topological polar surface area (TPSA) is 105 Å². The Kier molecular flexibility index (Phi) is 9.24. The van der Waals surface area contributed by atoms with Crippen molar-refractivity contribution in [2.75, 3.05) is 6.61 Å². The summed E-state index contributed by atoms with van der Waals surface area (Å²) in [7, 11) is -4.72. The first-order chi connectivity index (χ1) is 20.6. The lowest BCUT2D eigenvalue weighted by Gasteiger charge is -2.22. The van der Waals surface area contributed by atoms with E-state index in [0.29, 0.717) is 23.3 Å². The highest BCUT2D eigenvalue weighted by molar-refractivity contribution is 7.87. The van der Waals surface area contributed by atoms with Gasteiger partial charge in [-0.3, -0.25) is 9.36 Å². The molecule has 4 aromatic rings. The molecule has 0 bridgehead atoms. The van der Waals surface area contributed by atoms with E-state index in [1.807, 2.05) is 41.5 Å². The molecule has 0 aliphatic heterocycles. The van der Waals surface area contributed by atoms with Gasteiger partial charge >= 0.3 is 16.1 Å². The van der Waals surface area contributed by atoms with Crippen LogP contribution in [0.4, 0.5) is 13.2 Å². The molecule has 0 spiro atoms. The molecule has 0 saturated carbocycles. The van der Waals surface area contributed by atoms with Crippen LogP contribution in [0.2, 0.25) is 0 Å². The standard InChI is InChI=1S/C32H33F3N2O6S/c1-8-42-32(39)24-15-37(27-10-9-20(33)13-25(27)34)30-23(28(24)38)14-26(35)31(36-30)43-44(40,41)29-21(17(4)5)11-19(16(2)3)12-22(29)18(6)7/h9-18H,8H2,1-7H3. The van der Waals surface area contributed by atoms with Gasteiger partial charge in [-0.2, -0.15) is 13.4 Å². The lowest BCUT2D eigenvalue weighted by molar-refractivity contribution is 0.0524. The highest BCUT2D eigenvalue weighted by atomic mass is 32.2. The molecule has 0 aliphatic rings. The van der Waals surface area contributed by atoms with Crippen molar-refractivity contribution in [3.63, 3.8) is 0 Å². The fourth-order valence-electron chi connectivity index (χ4n) is 4.80. The third kappa shape index (κ3) is 6.21. The molecule has 234 valence electrons. The van der Waals surface area contributed by atoms with Crippen LogP contribution in [-0.4, -0.2) is 30.5 Å². The van der Waals surface area contributed by atoms with Crippen LogP contribution < -0.4 is 9.61 Å². The summed E-state index contributed by atoms with van der Waals surface area (Å²) in [4.78, 5) is 29.7. The van der Waals surface area contributed by atoms with Crippen LogP contribution in [0.3, 0.4) is 0 Å². The van der Waals surface area contributed by atoms with E-state index in [2.05, 4.69) is 4.98 Å². The minimum Gasteiger partial charge on any atom is -0.462 e. The number of nitrogens with zero attached hydrogens (tertiary/aromatic N) is 2.